The number of nitrogens with one attached hydrogen (secondary N) is 1. The third kappa shape index (κ3) is 6.89. The topological polar surface area (TPSA) is 102 Å². The van der Waals surface area contributed by atoms with Crippen LogP contribution in [0.4, 0.5) is 0 Å². The summed E-state index contributed by atoms with van der Waals surface area (Å²) in [6.45, 7) is 12.0. The number of rotatable bonds is 9. The standard InChI is InChI=1S/C22H36N2O5S2/c1-9-29-21(25)20(24-31(27,28)22(5,6)7)19(16(2)3)17(4)15-30(26,23-8)18-13-11-10-12-14-18/h10-16,19-20,24H,9H2,1-8H3/b17-15+/t19-,20+,30+/m1/s1. The molecule has 3 atom stereocenters. The predicted octanol–water partition coefficient (Wildman–Crippen LogP) is 3.97. The molecule has 31 heavy (non-hydrogen) atoms. The lowest BCUT2D eigenvalue weighted by atomic mass is 9.84. The number of nitrogens with zero attached hydrogens (tertiary/aromatic N) is 1. The van der Waals surface area contributed by atoms with Crippen LogP contribution < -0.4 is 4.72 Å². The Morgan fingerprint density at radius 1 is 1.16 bits per heavy atom. The van der Waals surface area contributed by atoms with E-state index in [4.69, 9.17) is 4.74 Å². The van der Waals surface area contributed by atoms with Crippen LogP contribution in [0.1, 0.15) is 48.5 Å². The van der Waals surface area contributed by atoms with Crippen molar-refractivity contribution in [2.75, 3.05) is 13.7 Å². The zero-order valence-corrected chi connectivity index (χ0v) is 21.3. The summed E-state index contributed by atoms with van der Waals surface area (Å²) in [6, 6.07) is 7.69. The van der Waals surface area contributed by atoms with Gasteiger partial charge in [0.15, 0.2) is 0 Å². The van der Waals surface area contributed by atoms with Gasteiger partial charge in [0.25, 0.3) is 0 Å². The van der Waals surface area contributed by atoms with E-state index in [-0.39, 0.29) is 12.5 Å². The van der Waals surface area contributed by atoms with Gasteiger partial charge in [0, 0.05) is 18.4 Å². The van der Waals surface area contributed by atoms with Gasteiger partial charge < -0.3 is 4.74 Å². The molecule has 1 aromatic carbocycles. The van der Waals surface area contributed by atoms with E-state index in [1.165, 1.54) is 7.05 Å². The first kappa shape index (κ1) is 27.3. The zero-order valence-electron chi connectivity index (χ0n) is 19.7. The van der Waals surface area contributed by atoms with Crippen molar-refractivity contribution < 1.29 is 22.2 Å². The second-order valence-electron chi connectivity index (χ2n) is 8.66. The Morgan fingerprint density at radius 3 is 2.13 bits per heavy atom. The van der Waals surface area contributed by atoms with E-state index in [0.717, 1.165) is 0 Å². The molecule has 1 rings (SSSR count). The Bertz CT molecular complexity index is 1000. The number of sulfonamides is 1. The third-order valence-corrected chi connectivity index (χ3v) is 9.29. The molecule has 0 radical (unpaired) electrons. The second kappa shape index (κ2) is 10.7. The SMILES string of the molecule is CCOC(=O)[C@@H](NS(=O)(=O)C(C)(C)C)[C@@H](/C(C)=C/[S@@](=O)(=NC)c1ccccc1)C(C)C. The lowest BCUT2D eigenvalue weighted by molar-refractivity contribution is -0.146. The van der Waals surface area contributed by atoms with Crippen molar-refractivity contribution in [2.45, 2.75) is 64.2 Å². The quantitative estimate of drug-likeness (QED) is 0.548. The summed E-state index contributed by atoms with van der Waals surface area (Å²) in [5, 5.41) is 1.55. The number of carbonyl (C=O) groups excluding carboxylic acids is 1. The normalized spacial score (nSPS) is 17.0. The first-order valence-corrected chi connectivity index (χ1v) is 13.3. The van der Waals surface area contributed by atoms with Crippen molar-refractivity contribution in [2.24, 2.45) is 16.2 Å². The molecule has 0 unspecified atom stereocenters. The molecule has 0 aliphatic heterocycles. The van der Waals surface area contributed by atoms with Crippen molar-refractivity contribution in [1.82, 2.24) is 4.72 Å². The molecule has 0 spiro atoms. The predicted molar refractivity (Wildman–Crippen MR) is 126 cm³/mol. The zero-order chi connectivity index (χ0) is 24.0. The summed E-state index contributed by atoms with van der Waals surface area (Å²) in [7, 11) is -5.26. The lowest BCUT2D eigenvalue weighted by Crippen LogP contribution is -2.53. The van der Waals surface area contributed by atoms with Crippen LogP contribution in [0.3, 0.4) is 0 Å². The molecule has 0 bridgehead atoms. The monoisotopic (exact) mass is 472 g/mol. The summed E-state index contributed by atoms with van der Waals surface area (Å²) < 4.78 is 50.1. The Morgan fingerprint density at radius 2 is 1.71 bits per heavy atom. The Kier molecular flexibility index (Phi) is 9.47. The van der Waals surface area contributed by atoms with Crippen LogP contribution >= 0.6 is 0 Å². The highest BCUT2D eigenvalue weighted by atomic mass is 32.2. The van der Waals surface area contributed by atoms with E-state index in [9.17, 15) is 17.4 Å². The maximum absolute atomic E-state index is 13.6. The fourth-order valence-corrected chi connectivity index (χ4v) is 5.78. The summed E-state index contributed by atoms with van der Waals surface area (Å²) >= 11 is 0. The maximum atomic E-state index is 13.6. The maximum Gasteiger partial charge on any atom is 0.324 e. The van der Waals surface area contributed by atoms with Gasteiger partial charge in [0.05, 0.1) is 26.0 Å². The summed E-state index contributed by atoms with van der Waals surface area (Å²) in [6.07, 6.45) is 0. The molecular formula is C22H36N2O5S2. The van der Waals surface area contributed by atoms with E-state index in [0.29, 0.717) is 10.5 Å². The fraction of sp³-hybridized carbons (Fsp3) is 0.591. The number of hydrogen-bond donors (Lipinski definition) is 1. The van der Waals surface area contributed by atoms with Crippen LogP contribution in [0.2, 0.25) is 0 Å². The second-order valence-corrected chi connectivity index (χ2v) is 13.3. The molecule has 9 heteroatoms. The molecule has 1 N–H and O–H groups in total. The number of benzene rings is 1. The molecule has 1 aromatic rings. The highest BCUT2D eigenvalue weighted by Gasteiger charge is 2.40. The van der Waals surface area contributed by atoms with E-state index in [1.807, 2.05) is 19.9 Å². The molecule has 0 aliphatic rings. The number of esters is 1. The molecule has 0 aliphatic carbocycles. The average Bonchev–Trinajstić information content (AvgIpc) is 2.66. The lowest BCUT2D eigenvalue weighted by Gasteiger charge is -2.32. The molecule has 7 nitrogen and oxygen atoms in total. The third-order valence-electron chi connectivity index (χ3n) is 4.93. The summed E-state index contributed by atoms with van der Waals surface area (Å²) in [4.78, 5) is 13.4. The molecule has 176 valence electrons. The van der Waals surface area contributed by atoms with Crippen LogP contribution in [-0.2, 0) is 29.3 Å². The van der Waals surface area contributed by atoms with Crippen LogP contribution in [-0.4, -0.2) is 43.0 Å². The molecule has 0 saturated heterocycles. The molecule has 0 saturated carbocycles. The van der Waals surface area contributed by atoms with Gasteiger partial charge in [-0.25, -0.2) is 17.0 Å². The Balaban J connectivity index is 3.59. The van der Waals surface area contributed by atoms with Gasteiger partial charge in [-0.05, 0) is 52.7 Å². The van der Waals surface area contributed by atoms with Crippen LogP contribution in [0, 0.1) is 11.8 Å². The number of carbonyl (C=O) groups is 1. The van der Waals surface area contributed by atoms with Gasteiger partial charge in [-0.15, -0.1) is 0 Å². The molecular weight excluding hydrogens is 436 g/mol. The summed E-state index contributed by atoms with van der Waals surface area (Å²) in [5.74, 6) is -1.39. The minimum atomic E-state index is -3.85. The van der Waals surface area contributed by atoms with Gasteiger partial charge in [-0.1, -0.05) is 37.6 Å². The van der Waals surface area contributed by atoms with E-state index in [1.54, 1.807) is 64.3 Å². The first-order valence-electron chi connectivity index (χ1n) is 10.3. The van der Waals surface area contributed by atoms with Gasteiger partial charge in [0.2, 0.25) is 10.0 Å². The van der Waals surface area contributed by atoms with E-state index < -0.39 is 42.4 Å². The van der Waals surface area contributed by atoms with Gasteiger partial charge in [-0.3, -0.25) is 4.79 Å². The highest BCUT2D eigenvalue weighted by molar-refractivity contribution is 7.96. The number of ether oxygens (including phenoxy) is 1. The van der Waals surface area contributed by atoms with E-state index >= 15 is 0 Å². The van der Waals surface area contributed by atoms with Crippen molar-refractivity contribution in [1.29, 1.82) is 0 Å². The van der Waals surface area contributed by atoms with Crippen molar-refractivity contribution in [3.8, 4) is 0 Å². The van der Waals surface area contributed by atoms with Crippen molar-refractivity contribution in [3.63, 3.8) is 0 Å². The first-order chi connectivity index (χ1) is 14.2. The van der Waals surface area contributed by atoms with Crippen LogP contribution in [0.25, 0.3) is 0 Å². The van der Waals surface area contributed by atoms with Gasteiger partial charge in [0.1, 0.15) is 6.04 Å². The minimum absolute atomic E-state index is 0.116. The van der Waals surface area contributed by atoms with Gasteiger partial charge >= 0.3 is 5.97 Å². The molecule has 0 aromatic heterocycles. The average molecular weight is 473 g/mol. The Hall–Kier alpha value is -1.71. The Labute approximate surface area is 187 Å². The van der Waals surface area contributed by atoms with Crippen molar-refractivity contribution >= 4 is 25.7 Å². The summed E-state index contributed by atoms with van der Waals surface area (Å²) in [5.41, 5.74) is 0.601. The highest BCUT2D eigenvalue weighted by Crippen LogP contribution is 2.29. The molecule has 0 heterocycles. The van der Waals surface area contributed by atoms with Crippen LogP contribution in [0.5, 0.6) is 0 Å². The van der Waals surface area contributed by atoms with E-state index in [2.05, 4.69) is 9.08 Å². The smallest absolute Gasteiger partial charge is 0.324 e. The largest absolute Gasteiger partial charge is 0.465 e. The van der Waals surface area contributed by atoms with Gasteiger partial charge in [-0.2, -0.15) is 4.72 Å². The molecule has 0 fully saturated rings. The molecule has 0 amide bonds. The fourth-order valence-electron chi connectivity index (χ4n) is 3.19. The van der Waals surface area contributed by atoms with Crippen molar-refractivity contribution in [3.05, 3.63) is 41.3 Å². The van der Waals surface area contributed by atoms with Crippen LogP contribution in [0.15, 0.2) is 50.6 Å². The number of hydrogen-bond acceptors (Lipinski definition) is 6. The minimum Gasteiger partial charge on any atom is -0.465 e.